The quantitative estimate of drug-likeness (QED) is 0.162. The molecule has 2 amide bonds. The molecule has 0 unspecified atom stereocenters. The third-order valence-corrected chi connectivity index (χ3v) is 5.02. The zero-order chi connectivity index (χ0) is 25.0. The number of anilines is 1. The maximum atomic E-state index is 14.0. The second-order valence-electron chi connectivity index (χ2n) is 6.39. The number of amides is 2. The summed E-state index contributed by atoms with van der Waals surface area (Å²) in [5.41, 5.74) is -0.834. The number of carbonyl (C=O) groups excluding carboxylic acids is 1. The Balaban J connectivity index is 1.82. The number of aliphatic imine (C=N–C) groups is 1. The molecule has 0 aliphatic heterocycles. The fourth-order valence-corrected chi connectivity index (χ4v) is 3.50. The fourth-order valence-electron chi connectivity index (χ4n) is 2.70. The molecule has 34 heavy (non-hydrogen) atoms. The number of nitrogens with one attached hydrogen (secondary N) is 1. The largest absolute Gasteiger partial charge is 0.480 e. The second-order valence-corrected chi connectivity index (χ2v) is 7.61. The third-order valence-electron chi connectivity index (χ3n) is 4.16. The number of nitrogens with zero attached hydrogens (tertiary/aromatic N) is 2. The Bertz CT molecular complexity index is 1280. The van der Waals surface area contributed by atoms with Crippen LogP contribution in [0.2, 0.25) is 15.1 Å². The highest BCUT2D eigenvalue weighted by molar-refractivity contribution is 6.37. The van der Waals surface area contributed by atoms with E-state index in [1.807, 2.05) is 0 Å². The highest BCUT2D eigenvalue weighted by Gasteiger charge is 2.19. The third kappa shape index (κ3) is 5.71. The molecule has 13 heteroatoms. The predicted molar refractivity (Wildman–Crippen MR) is 124 cm³/mol. The molecule has 0 spiro atoms. The Morgan fingerprint density at radius 1 is 1.03 bits per heavy atom. The summed E-state index contributed by atoms with van der Waals surface area (Å²) in [6.07, 6.45) is 0. The van der Waals surface area contributed by atoms with Crippen molar-refractivity contribution in [1.29, 1.82) is 0 Å². The SMILES string of the molecule is CO/C(=N\C(=O)Nc1cc(Cl)c(Oc2ccc([N+](=O)[O-])c(Cl)c2)c(Cl)c1)c1c(F)cccc1F. The number of nitro groups is 1. The van der Waals surface area contributed by atoms with E-state index in [-0.39, 0.29) is 37.9 Å². The summed E-state index contributed by atoms with van der Waals surface area (Å²) < 4.78 is 38.3. The van der Waals surface area contributed by atoms with E-state index >= 15 is 0 Å². The van der Waals surface area contributed by atoms with E-state index in [2.05, 4.69) is 10.3 Å². The number of halogens is 5. The molecule has 0 aliphatic rings. The number of methoxy groups -OCH3 is 1. The first kappa shape index (κ1) is 25.2. The van der Waals surface area contributed by atoms with E-state index in [1.54, 1.807) is 0 Å². The average Bonchev–Trinajstić information content (AvgIpc) is 2.75. The molecule has 3 aromatic rings. The van der Waals surface area contributed by atoms with E-state index < -0.39 is 34.1 Å². The number of nitro benzene ring substituents is 1. The van der Waals surface area contributed by atoms with Crippen molar-refractivity contribution in [3.8, 4) is 11.5 Å². The number of ether oxygens (including phenoxy) is 2. The zero-order valence-electron chi connectivity index (χ0n) is 16.9. The number of rotatable bonds is 5. The van der Waals surface area contributed by atoms with E-state index in [9.17, 15) is 23.7 Å². The van der Waals surface area contributed by atoms with Crippen molar-refractivity contribution >= 4 is 58.1 Å². The summed E-state index contributed by atoms with van der Waals surface area (Å²) in [5.74, 6) is -2.40. The molecule has 0 aliphatic carbocycles. The minimum atomic E-state index is -1.03. The Morgan fingerprint density at radius 2 is 1.65 bits per heavy atom. The maximum Gasteiger partial charge on any atom is 0.348 e. The van der Waals surface area contributed by atoms with Gasteiger partial charge in [0, 0.05) is 17.8 Å². The van der Waals surface area contributed by atoms with Gasteiger partial charge < -0.3 is 14.8 Å². The normalized spacial score (nSPS) is 11.2. The van der Waals surface area contributed by atoms with Gasteiger partial charge >= 0.3 is 6.03 Å². The van der Waals surface area contributed by atoms with Crippen LogP contribution >= 0.6 is 34.8 Å². The van der Waals surface area contributed by atoms with E-state index in [0.29, 0.717) is 0 Å². The maximum absolute atomic E-state index is 14.0. The molecule has 3 aromatic carbocycles. The van der Waals surface area contributed by atoms with Gasteiger partial charge in [0.1, 0.15) is 28.0 Å². The van der Waals surface area contributed by atoms with E-state index in [4.69, 9.17) is 44.3 Å². The lowest BCUT2D eigenvalue weighted by molar-refractivity contribution is -0.384. The molecule has 0 bridgehead atoms. The summed E-state index contributed by atoms with van der Waals surface area (Å²) >= 11 is 18.3. The van der Waals surface area contributed by atoms with Crippen LogP contribution in [0.25, 0.3) is 0 Å². The molecule has 0 fully saturated rings. The van der Waals surface area contributed by atoms with Crippen molar-refractivity contribution in [3.63, 3.8) is 0 Å². The minimum Gasteiger partial charge on any atom is -0.480 e. The van der Waals surface area contributed by atoms with E-state index in [1.165, 1.54) is 24.3 Å². The second kappa shape index (κ2) is 10.6. The molecule has 3 rings (SSSR count). The fraction of sp³-hybridized carbons (Fsp3) is 0.0476. The molecule has 1 N–H and O–H groups in total. The van der Waals surface area contributed by atoms with Gasteiger partial charge in [-0.3, -0.25) is 10.1 Å². The Hall–Kier alpha value is -3.47. The number of hydrogen-bond donors (Lipinski definition) is 1. The van der Waals surface area contributed by atoms with Crippen LogP contribution in [0.15, 0.2) is 53.5 Å². The molecular formula is C21H12Cl3F2N3O5. The number of benzene rings is 3. The monoisotopic (exact) mass is 529 g/mol. The molecule has 0 aromatic heterocycles. The van der Waals surface area contributed by atoms with Crippen LogP contribution in [0.3, 0.4) is 0 Å². The lowest BCUT2D eigenvalue weighted by Gasteiger charge is -2.12. The van der Waals surface area contributed by atoms with Crippen molar-refractivity contribution in [2.24, 2.45) is 4.99 Å². The Labute approximate surface area is 205 Å². The number of hydrogen-bond acceptors (Lipinski definition) is 5. The minimum absolute atomic E-state index is 0.0132. The topological polar surface area (TPSA) is 103 Å². The first-order valence-corrected chi connectivity index (χ1v) is 10.2. The zero-order valence-corrected chi connectivity index (χ0v) is 19.2. The van der Waals surface area contributed by atoms with Gasteiger partial charge in [-0.25, -0.2) is 13.6 Å². The van der Waals surface area contributed by atoms with Gasteiger partial charge in [0.25, 0.3) is 5.69 Å². The molecule has 0 radical (unpaired) electrons. The average molecular weight is 531 g/mol. The summed E-state index contributed by atoms with van der Waals surface area (Å²) in [4.78, 5) is 26.1. The van der Waals surface area contributed by atoms with Gasteiger partial charge in [0.05, 0.1) is 22.1 Å². The number of carbonyl (C=O) groups is 1. The molecule has 0 heterocycles. The summed E-state index contributed by atoms with van der Waals surface area (Å²) in [5, 5.41) is 13.0. The summed E-state index contributed by atoms with van der Waals surface area (Å²) in [6, 6.07) is 8.32. The molecule has 8 nitrogen and oxygen atoms in total. The number of urea groups is 1. The molecule has 0 saturated heterocycles. The van der Waals surface area contributed by atoms with Crippen molar-refractivity contribution in [3.05, 3.63) is 90.9 Å². The van der Waals surface area contributed by atoms with Crippen LogP contribution in [-0.4, -0.2) is 24.0 Å². The van der Waals surface area contributed by atoms with Gasteiger partial charge in [-0.1, -0.05) is 40.9 Å². The molecule has 176 valence electrons. The van der Waals surface area contributed by atoms with Crippen LogP contribution in [0, 0.1) is 21.7 Å². The van der Waals surface area contributed by atoms with Crippen LogP contribution < -0.4 is 10.1 Å². The van der Waals surface area contributed by atoms with Crippen LogP contribution in [0.1, 0.15) is 5.56 Å². The van der Waals surface area contributed by atoms with Gasteiger partial charge in [-0.05, 0) is 30.3 Å². The van der Waals surface area contributed by atoms with Crippen LogP contribution in [0.5, 0.6) is 11.5 Å². The van der Waals surface area contributed by atoms with Crippen LogP contribution in [-0.2, 0) is 4.74 Å². The Morgan fingerprint density at radius 3 is 2.18 bits per heavy atom. The van der Waals surface area contributed by atoms with E-state index in [0.717, 1.165) is 31.4 Å². The van der Waals surface area contributed by atoms with Crippen molar-refractivity contribution in [2.75, 3.05) is 12.4 Å². The smallest absolute Gasteiger partial charge is 0.348 e. The first-order chi connectivity index (χ1) is 16.1. The van der Waals surface area contributed by atoms with Crippen molar-refractivity contribution < 1.29 is 28.0 Å². The lowest BCUT2D eigenvalue weighted by Crippen LogP contribution is -2.15. The standard InChI is InChI=1S/C21H12Cl3F2N3O5/c1-33-20(18-15(25)3-2-4-16(18)26)28-21(30)27-10-7-13(23)19(14(24)8-10)34-11-5-6-17(29(31)32)12(22)9-11/h2-9H,1H3,(H,27,30)/b28-20-. The lowest BCUT2D eigenvalue weighted by atomic mass is 10.2. The summed E-state index contributed by atoms with van der Waals surface area (Å²) in [6.45, 7) is 0. The molecular weight excluding hydrogens is 519 g/mol. The van der Waals surface area contributed by atoms with Crippen LogP contribution in [0.4, 0.5) is 25.0 Å². The van der Waals surface area contributed by atoms with Crippen molar-refractivity contribution in [2.45, 2.75) is 0 Å². The highest BCUT2D eigenvalue weighted by atomic mass is 35.5. The summed E-state index contributed by atoms with van der Waals surface area (Å²) in [7, 11) is 1.10. The van der Waals surface area contributed by atoms with Gasteiger partial charge in [0.15, 0.2) is 5.75 Å². The van der Waals surface area contributed by atoms with Gasteiger partial charge in [0.2, 0.25) is 5.90 Å². The molecule has 0 atom stereocenters. The van der Waals surface area contributed by atoms with Gasteiger partial charge in [-0.2, -0.15) is 4.99 Å². The highest BCUT2D eigenvalue weighted by Crippen LogP contribution is 2.40. The first-order valence-electron chi connectivity index (χ1n) is 9.09. The molecule has 0 saturated carbocycles. The van der Waals surface area contributed by atoms with Gasteiger partial charge in [-0.15, -0.1) is 0 Å². The Kier molecular flexibility index (Phi) is 7.87. The van der Waals surface area contributed by atoms with Crippen molar-refractivity contribution in [1.82, 2.24) is 0 Å². The predicted octanol–water partition coefficient (Wildman–Crippen LogP) is 7.25.